The number of alkyl carbamates (subject to hydrolysis) is 1. The molecule has 0 spiro atoms. The first kappa shape index (κ1) is 15.6. The number of ether oxygens (including phenoxy) is 2. The number of benzene rings is 1. The Balaban J connectivity index is 2.50. The van der Waals surface area contributed by atoms with Gasteiger partial charge in [-0.05, 0) is 5.56 Å². The van der Waals surface area contributed by atoms with Crippen molar-refractivity contribution >= 4 is 17.8 Å². The van der Waals surface area contributed by atoms with Crippen LogP contribution in [0, 0.1) is 0 Å². The van der Waals surface area contributed by atoms with E-state index in [4.69, 9.17) is 9.84 Å². The van der Waals surface area contributed by atoms with Crippen LogP contribution in [0.4, 0.5) is 4.79 Å². The number of aliphatic carboxylic acids is 1. The molecule has 1 unspecified atom stereocenters. The van der Waals surface area contributed by atoms with Gasteiger partial charge in [0.2, 0.25) is 0 Å². The molecule has 1 aromatic carbocycles. The molecule has 0 fully saturated rings. The number of carbonyl (C=O) groups excluding carboxylic acids is 2. The Bertz CT molecular complexity index is 473. The van der Waals surface area contributed by atoms with Gasteiger partial charge in [-0.25, -0.2) is 9.59 Å². The van der Waals surface area contributed by atoms with E-state index in [2.05, 4.69) is 10.1 Å². The number of carboxylic acids is 1. The Morgan fingerprint density at radius 1 is 1.25 bits per heavy atom. The molecule has 1 aromatic rings. The van der Waals surface area contributed by atoms with Crippen LogP contribution in [0.2, 0.25) is 0 Å². The third-order valence-corrected chi connectivity index (χ3v) is 2.37. The van der Waals surface area contributed by atoms with Crippen molar-refractivity contribution in [1.82, 2.24) is 5.32 Å². The van der Waals surface area contributed by atoms with Crippen molar-refractivity contribution in [2.75, 3.05) is 13.7 Å². The fraction of sp³-hybridized carbons (Fsp3) is 0.308. The average Bonchev–Trinajstić information content (AvgIpc) is 2.45. The van der Waals surface area contributed by atoms with Gasteiger partial charge in [-0.3, -0.25) is 4.79 Å². The SMILES string of the molecule is COCC(NC(=O)OCc1ccccc1)C(=O)C(=O)O. The number of ketones is 1. The molecule has 0 aliphatic carbocycles. The largest absolute Gasteiger partial charge is 0.475 e. The molecule has 1 amide bonds. The number of amides is 1. The maximum atomic E-state index is 11.5. The standard InChI is InChI=1S/C13H15NO6/c1-19-8-10(11(15)12(16)17)14-13(18)20-7-9-5-3-2-4-6-9/h2-6,10H,7-8H2,1H3,(H,14,18)(H,16,17). The van der Waals surface area contributed by atoms with Crippen molar-refractivity contribution in [3.63, 3.8) is 0 Å². The van der Waals surface area contributed by atoms with Gasteiger partial charge in [-0.1, -0.05) is 30.3 Å². The lowest BCUT2D eigenvalue weighted by atomic mass is 10.2. The lowest BCUT2D eigenvalue weighted by Gasteiger charge is -2.14. The summed E-state index contributed by atoms with van der Waals surface area (Å²) in [4.78, 5) is 33.4. The van der Waals surface area contributed by atoms with Gasteiger partial charge in [-0.15, -0.1) is 0 Å². The molecule has 1 rings (SSSR count). The predicted octanol–water partition coefficient (Wildman–Crippen LogP) is 0.581. The van der Waals surface area contributed by atoms with E-state index in [1.807, 2.05) is 6.07 Å². The van der Waals surface area contributed by atoms with Crippen LogP contribution in [0.3, 0.4) is 0 Å². The highest BCUT2D eigenvalue weighted by atomic mass is 16.5. The summed E-state index contributed by atoms with van der Waals surface area (Å²) in [6.07, 6.45) is -0.884. The van der Waals surface area contributed by atoms with E-state index in [-0.39, 0.29) is 13.2 Å². The molecule has 0 bridgehead atoms. The molecule has 2 N–H and O–H groups in total. The summed E-state index contributed by atoms with van der Waals surface area (Å²) in [7, 11) is 1.29. The van der Waals surface area contributed by atoms with Crippen molar-refractivity contribution in [1.29, 1.82) is 0 Å². The van der Waals surface area contributed by atoms with Crippen molar-refractivity contribution < 1.29 is 29.0 Å². The van der Waals surface area contributed by atoms with Crippen molar-refractivity contribution in [2.24, 2.45) is 0 Å². The molecule has 7 nitrogen and oxygen atoms in total. The lowest BCUT2D eigenvalue weighted by Crippen LogP contribution is -2.46. The number of carboxylic acid groups (broad SMARTS) is 1. The van der Waals surface area contributed by atoms with Crippen molar-refractivity contribution in [2.45, 2.75) is 12.6 Å². The van der Waals surface area contributed by atoms with Crippen LogP contribution in [0.25, 0.3) is 0 Å². The maximum absolute atomic E-state index is 11.5. The molecular formula is C13H15NO6. The normalized spacial score (nSPS) is 11.4. The summed E-state index contributed by atoms with van der Waals surface area (Å²) >= 11 is 0. The number of nitrogens with one attached hydrogen (secondary N) is 1. The van der Waals surface area contributed by atoms with Gasteiger partial charge >= 0.3 is 12.1 Å². The number of hydrogen-bond donors (Lipinski definition) is 2. The molecule has 0 heterocycles. The topological polar surface area (TPSA) is 102 Å². The van der Waals surface area contributed by atoms with Gasteiger partial charge in [0.25, 0.3) is 5.78 Å². The molecule has 0 saturated heterocycles. The first-order chi connectivity index (χ1) is 9.54. The summed E-state index contributed by atoms with van der Waals surface area (Å²) in [6.45, 7) is -0.223. The molecule has 20 heavy (non-hydrogen) atoms. The van der Waals surface area contributed by atoms with E-state index in [0.717, 1.165) is 5.56 Å². The van der Waals surface area contributed by atoms with E-state index in [1.54, 1.807) is 24.3 Å². The Labute approximate surface area is 115 Å². The van der Waals surface area contributed by atoms with Crippen LogP contribution in [0.5, 0.6) is 0 Å². The number of carbonyl (C=O) groups is 3. The maximum Gasteiger partial charge on any atom is 0.408 e. The van der Waals surface area contributed by atoms with Crippen molar-refractivity contribution in [3.8, 4) is 0 Å². The minimum atomic E-state index is -1.64. The zero-order valence-electron chi connectivity index (χ0n) is 10.9. The van der Waals surface area contributed by atoms with Crippen LogP contribution < -0.4 is 5.32 Å². The lowest BCUT2D eigenvalue weighted by molar-refractivity contribution is -0.150. The monoisotopic (exact) mass is 281 g/mol. The number of Topliss-reactive ketones (excluding diaryl/α,β-unsaturated/α-hetero) is 1. The number of hydrogen-bond acceptors (Lipinski definition) is 5. The second kappa shape index (κ2) is 7.90. The second-order valence-corrected chi connectivity index (χ2v) is 3.88. The molecule has 0 aliphatic heterocycles. The Kier molecular flexibility index (Phi) is 6.18. The molecule has 7 heteroatoms. The van der Waals surface area contributed by atoms with E-state index in [0.29, 0.717) is 0 Å². The van der Waals surface area contributed by atoms with E-state index in [1.165, 1.54) is 7.11 Å². The highest BCUT2D eigenvalue weighted by Gasteiger charge is 2.26. The van der Waals surface area contributed by atoms with E-state index >= 15 is 0 Å². The van der Waals surface area contributed by atoms with Crippen LogP contribution in [0.15, 0.2) is 30.3 Å². The van der Waals surface area contributed by atoms with E-state index < -0.39 is 23.9 Å². The zero-order valence-corrected chi connectivity index (χ0v) is 10.9. The van der Waals surface area contributed by atoms with Gasteiger partial charge in [0.15, 0.2) is 0 Å². The Hall–Kier alpha value is -2.41. The van der Waals surface area contributed by atoms with Gasteiger partial charge in [0, 0.05) is 7.11 Å². The first-order valence-electron chi connectivity index (χ1n) is 5.78. The highest BCUT2D eigenvalue weighted by Crippen LogP contribution is 2.01. The molecule has 0 radical (unpaired) electrons. The van der Waals surface area contributed by atoms with E-state index in [9.17, 15) is 14.4 Å². The smallest absolute Gasteiger partial charge is 0.408 e. The van der Waals surface area contributed by atoms with Crippen LogP contribution in [-0.2, 0) is 25.7 Å². The van der Waals surface area contributed by atoms with Gasteiger partial charge in [0.1, 0.15) is 12.6 Å². The first-order valence-corrected chi connectivity index (χ1v) is 5.78. The molecule has 1 atom stereocenters. The molecular weight excluding hydrogens is 266 g/mol. The summed E-state index contributed by atoms with van der Waals surface area (Å²) in [5, 5.41) is 10.8. The number of methoxy groups -OCH3 is 1. The quantitative estimate of drug-likeness (QED) is 0.709. The molecule has 108 valence electrons. The van der Waals surface area contributed by atoms with Gasteiger partial charge < -0.3 is 19.9 Å². The molecule has 0 aliphatic rings. The summed E-state index contributed by atoms with van der Waals surface area (Å²) < 4.78 is 9.57. The van der Waals surface area contributed by atoms with Crippen LogP contribution in [0.1, 0.15) is 5.56 Å². The van der Waals surface area contributed by atoms with Gasteiger partial charge in [0.05, 0.1) is 6.61 Å². The summed E-state index contributed by atoms with van der Waals surface area (Å²) in [5.74, 6) is -2.81. The Morgan fingerprint density at radius 2 is 1.90 bits per heavy atom. The third-order valence-electron chi connectivity index (χ3n) is 2.37. The van der Waals surface area contributed by atoms with Crippen molar-refractivity contribution in [3.05, 3.63) is 35.9 Å². The zero-order chi connectivity index (χ0) is 15.0. The van der Waals surface area contributed by atoms with Gasteiger partial charge in [-0.2, -0.15) is 0 Å². The highest BCUT2D eigenvalue weighted by molar-refractivity contribution is 6.35. The third kappa shape index (κ3) is 5.07. The average molecular weight is 281 g/mol. The fourth-order valence-electron chi connectivity index (χ4n) is 1.41. The summed E-state index contributed by atoms with van der Waals surface area (Å²) in [6, 6.07) is 7.66. The Morgan fingerprint density at radius 3 is 2.45 bits per heavy atom. The van der Waals surface area contributed by atoms with Crippen LogP contribution >= 0.6 is 0 Å². The molecule has 0 saturated carbocycles. The second-order valence-electron chi connectivity index (χ2n) is 3.88. The summed E-state index contributed by atoms with van der Waals surface area (Å²) in [5.41, 5.74) is 0.774. The minimum absolute atomic E-state index is 0.0215. The molecule has 0 aromatic heterocycles. The number of rotatable bonds is 7. The fourth-order valence-corrected chi connectivity index (χ4v) is 1.41. The van der Waals surface area contributed by atoms with Crippen LogP contribution in [-0.4, -0.2) is 42.7 Å². The minimum Gasteiger partial charge on any atom is -0.475 e. The predicted molar refractivity (Wildman–Crippen MR) is 68.1 cm³/mol.